The number of methoxy groups -OCH3 is 1. The van der Waals surface area contributed by atoms with Gasteiger partial charge in [-0.3, -0.25) is 9.79 Å². The molecular weight excluding hydrogens is 476 g/mol. The Balaban J connectivity index is 1.53. The molecule has 1 saturated carbocycles. The third kappa shape index (κ3) is 5.72. The lowest BCUT2D eigenvalue weighted by Gasteiger charge is -2.41. The van der Waals surface area contributed by atoms with Gasteiger partial charge >= 0.3 is 0 Å². The van der Waals surface area contributed by atoms with E-state index < -0.39 is 27.8 Å². The van der Waals surface area contributed by atoms with Gasteiger partial charge in [0.15, 0.2) is 16.8 Å². The number of carbonyl (C=O) groups is 1. The summed E-state index contributed by atoms with van der Waals surface area (Å²) in [6, 6.07) is 2.29. The van der Waals surface area contributed by atoms with E-state index in [2.05, 4.69) is 20.3 Å². The van der Waals surface area contributed by atoms with Crippen LogP contribution in [0, 0.1) is 17.6 Å². The molecule has 0 radical (unpaired) electrons. The highest BCUT2D eigenvalue weighted by Crippen LogP contribution is 2.46. The molecule has 2 aliphatic rings. The number of aliphatic imine (C=N–C) groups is 1. The van der Waals surface area contributed by atoms with Gasteiger partial charge in [0.1, 0.15) is 5.69 Å². The number of benzene rings is 1. The van der Waals surface area contributed by atoms with E-state index >= 15 is 0 Å². The van der Waals surface area contributed by atoms with Crippen LogP contribution < -0.4 is 15.8 Å². The first-order valence-electron chi connectivity index (χ1n) is 11.4. The monoisotopic (exact) mass is 505 g/mol. The van der Waals surface area contributed by atoms with Crippen molar-refractivity contribution in [2.24, 2.45) is 16.6 Å². The van der Waals surface area contributed by atoms with Gasteiger partial charge in [-0.25, -0.2) is 18.7 Å². The largest absolute Gasteiger partial charge is 0.476 e. The second-order valence-electron chi connectivity index (χ2n) is 9.51. The molecule has 0 bridgehead atoms. The van der Waals surface area contributed by atoms with Gasteiger partial charge in [-0.2, -0.15) is 0 Å². The molecule has 8 nitrogen and oxygen atoms in total. The average Bonchev–Trinajstić information content (AvgIpc) is 2.74. The van der Waals surface area contributed by atoms with E-state index in [1.165, 1.54) is 36.6 Å². The van der Waals surface area contributed by atoms with Crippen molar-refractivity contribution < 1.29 is 23.0 Å². The normalized spacial score (nSPS) is 24.4. The lowest BCUT2D eigenvalue weighted by atomic mass is 9.83. The molecule has 3 N–H and O–H groups in total. The molecule has 0 unspecified atom stereocenters. The van der Waals surface area contributed by atoms with Gasteiger partial charge < -0.3 is 20.5 Å². The summed E-state index contributed by atoms with van der Waals surface area (Å²) in [6.45, 7) is 4.54. The number of ether oxygens (including phenoxy) is 2. The van der Waals surface area contributed by atoms with Crippen molar-refractivity contribution in [2.75, 3.05) is 25.6 Å². The Morgan fingerprint density at radius 2 is 2.03 bits per heavy atom. The molecule has 35 heavy (non-hydrogen) atoms. The molecule has 4 rings (SSSR count). The zero-order valence-electron chi connectivity index (χ0n) is 19.9. The number of hydrogen-bond donors (Lipinski definition) is 2. The fourth-order valence-electron chi connectivity index (χ4n) is 4.48. The van der Waals surface area contributed by atoms with Gasteiger partial charge in [-0.15, -0.1) is 0 Å². The number of anilines is 1. The van der Waals surface area contributed by atoms with Crippen molar-refractivity contribution in [3.8, 4) is 5.88 Å². The van der Waals surface area contributed by atoms with Crippen LogP contribution in [0.5, 0.6) is 5.88 Å². The lowest BCUT2D eigenvalue weighted by molar-refractivity contribution is 0.102. The first-order chi connectivity index (χ1) is 16.6. The van der Waals surface area contributed by atoms with Crippen LogP contribution in [0.3, 0.4) is 0 Å². The molecule has 188 valence electrons. The van der Waals surface area contributed by atoms with Gasteiger partial charge in [0, 0.05) is 29.2 Å². The van der Waals surface area contributed by atoms with Crippen molar-refractivity contribution in [3.63, 3.8) is 0 Å². The third-order valence-electron chi connectivity index (χ3n) is 6.29. The second kappa shape index (κ2) is 10.1. The number of thioether (sulfide) groups is 1. The van der Waals surface area contributed by atoms with E-state index in [-0.39, 0.29) is 22.1 Å². The molecule has 11 heteroatoms. The van der Waals surface area contributed by atoms with Crippen LogP contribution in [0.25, 0.3) is 0 Å². The molecule has 2 heterocycles. The Kier molecular flexibility index (Phi) is 7.27. The average molecular weight is 506 g/mol. The number of nitrogens with one attached hydrogen (secondary N) is 1. The molecule has 1 aliphatic carbocycles. The highest BCUT2D eigenvalue weighted by Gasteiger charge is 2.44. The number of aromatic nitrogens is 2. The minimum absolute atomic E-state index is 0.01000. The van der Waals surface area contributed by atoms with Gasteiger partial charge in [-0.05, 0) is 45.1 Å². The Morgan fingerprint density at radius 1 is 1.26 bits per heavy atom. The van der Waals surface area contributed by atoms with E-state index in [0.717, 1.165) is 18.9 Å². The summed E-state index contributed by atoms with van der Waals surface area (Å²) in [5.74, 6) is -1.89. The zero-order valence-corrected chi connectivity index (χ0v) is 20.8. The molecule has 2 atom stereocenters. The molecule has 1 fully saturated rings. The quantitative estimate of drug-likeness (QED) is 0.551. The van der Waals surface area contributed by atoms with Crippen LogP contribution in [0.15, 0.2) is 29.5 Å². The maximum absolute atomic E-state index is 15.0. The number of carbonyl (C=O) groups excluding carboxylic acids is 1. The van der Waals surface area contributed by atoms with Crippen molar-refractivity contribution >= 4 is 28.5 Å². The molecule has 1 aliphatic heterocycles. The van der Waals surface area contributed by atoms with Gasteiger partial charge in [0.25, 0.3) is 5.91 Å². The Hall–Kier alpha value is -2.79. The standard InChI is InChI=1S/C24H29F2N5O3S/c1-23(13-33-3)12-24(2,31-22(27)35-23)16-7-15(8-17(25)20(16)26)30-21(32)18-9-29-19(10-28-18)34-11-14-5-4-6-14/h7-10,14H,4-6,11-13H2,1-3H3,(H2,27,31)(H,30,32)/t23-,24+/m1/s1. The Bertz CT molecular complexity index is 1130. The summed E-state index contributed by atoms with van der Waals surface area (Å²) in [5.41, 5.74) is 4.96. The number of nitrogens with zero attached hydrogens (tertiary/aromatic N) is 3. The number of hydrogen-bond acceptors (Lipinski definition) is 8. The molecular formula is C24H29F2N5O3S. The molecule has 2 aromatic rings. The number of halogens is 2. The van der Waals surface area contributed by atoms with Gasteiger partial charge in [0.2, 0.25) is 5.88 Å². The summed E-state index contributed by atoms with van der Waals surface area (Å²) in [6.07, 6.45) is 6.51. The maximum atomic E-state index is 15.0. The van der Waals surface area contributed by atoms with E-state index in [1.54, 1.807) is 14.0 Å². The molecule has 1 aromatic carbocycles. The van der Waals surface area contributed by atoms with Crippen molar-refractivity contribution in [1.82, 2.24) is 9.97 Å². The number of nitrogens with two attached hydrogens (primary N) is 1. The first-order valence-corrected chi connectivity index (χ1v) is 12.2. The maximum Gasteiger partial charge on any atom is 0.275 e. The van der Waals surface area contributed by atoms with Crippen LogP contribution >= 0.6 is 11.8 Å². The molecule has 0 saturated heterocycles. The highest BCUT2D eigenvalue weighted by atomic mass is 32.2. The van der Waals surface area contributed by atoms with Crippen molar-refractivity contribution in [2.45, 2.75) is 49.8 Å². The topological polar surface area (TPSA) is 112 Å². The van der Waals surface area contributed by atoms with Crippen molar-refractivity contribution in [1.29, 1.82) is 0 Å². The van der Waals surface area contributed by atoms with Gasteiger partial charge in [0.05, 0.1) is 31.1 Å². The number of amidine groups is 1. The van der Waals surface area contributed by atoms with E-state index in [0.29, 0.717) is 31.4 Å². The van der Waals surface area contributed by atoms with Crippen molar-refractivity contribution in [3.05, 3.63) is 47.4 Å². The van der Waals surface area contributed by atoms with Crippen LogP contribution in [-0.4, -0.2) is 46.1 Å². The molecule has 1 amide bonds. The fraction of sp³-hybridized carbons (Fsp3) is 0.500. The Morgan fingerprint density at radius 3 is 2.66 bits per heavy atom. The van der Waals surface area contributed by atoms with Crippen LogP contribution in [0.2, 0.25) is 0 Å². The summed E-state index contributed by atoms with van der Waals surface area (Å²) in [4.78, 5) is 25.4. The van der Waals surface area contributed by atoms with E-state index in [4.69, 9.17) is 15.2 Å². The fourth-order valence-corrected chi connectivity index (χ4v) is 5.76. The Labute approximate surface area is 207 Å². The molecule has 0 spiro atoms. The minimum atomic E-state index is -1.16. The van der Waals surface area contributed by atoms with E-state index in [9.17, 15) is 13.6 Å². The van der Waals surface area contributed by atoms with Crippen LogP contribution in [-0.2, 0) is 10.3 Å². The third-order valence-corrected chi connectivity index (χ3v) is 7.35. The highest BCUT2D eigenvalue weighted by molar-refractivity contribution is 8.15. The minimum Gasteiger partial charge on any atom is -0.476 e. The zero-order chi connectivity index (χ0) is 25.2. The SMILES string of the molecule is COC[C@@]1(C)C[C@@](C)(c2cc(NC(=O)c3cnc(OCC4CCC4)cn3)cc(F)c2F)N=C(N)S1. The van der Waals surface area contributed by atoms with E-state index in [1.807, 2.05) is 6.92 Å². The number of amides is 1. The van der Waals surface area contributed by atoms with Crippen LogP contribution in [0.1, 0.15) is 55.6 Å². The van der Waals surface area contributed by atoms with Gasteiger partial charge in [-0.1, -0.05) is 18.2 Å². The summed E-state index contributed by atoms with van der Waals surface area (Å²) in [7, 11) is 1.57. The lowest BCUT2D eigenvalue weighted by Crippen LogP contribution is -2.43. The molecule has 1 aromatic heterocycles. The predicted molar refractivity (Wildman–Crippen MR) is 131 cm³/mol. The number of rotatable bonds is 8. The second-order valence-corrected chi connectivity index (χ2v) is 11.1. The summed E-state index contributed by atoms with van der Waals surface area (Å²) in [5, 5.41) is 2.82. The predicted octanol–water partition coefficient (Wildman–Crippen LogP) is 4.26. The first kappa shape index (κ1) is 25.3. The summed E-state index contributed by atoms with van der Waals surface area (Å²) >= 11 is 1.33. The van der Waals surface area contributed by atoms with Crippen LogP contribution in [0.4, 0.5) is 14.5 Å². The summed E-state index contributed by atoms with van der Waals surface area (Å²) < 4.78 is 40.0. The smallest absolute Gasteiger partial charge is 0.275 e.